The number of carbonyl (C=O) groups is 2. The lowest BCUT2D eigenvalue weighted by Crippen LogP contribution is -2.57. The molecule has 1 fully saturated rings. The van der Waals surface area contributed by atoms with Gasteiger partial charge >= 0.3 is 0 Å². The van der Waals surface area contributed by atoms with Crippen LogP contribution in [0.2, 0.25) is 0 Å². The summed E-state index contributed by atoms with van der Waals surface area (Å²) in [6.07, 6.45) is 3.67. The van der Waals surface area contributed by atoms with Gasteiger partial charge in [-0.2, -0.15) is 0 Å². The Balaban J connectivity index is 0.00000432. The molecule has 9 heteroatoms. The average Bonchev–Trinajstić information content (AvgIpc) is 2.79. The molecule has 0 bridgehead atoms. The number of methoxy groups -OCH3 is 2. The van der Waals surface area contributed by atoms with Gasteiger partial charge in [-0.05, 0) is 77.6 Å². The maximum atomic E-state index is 13.8. The Bertz CT molecular complexity index is 875. The maximum Gasteiger partial charge on any atom is 0.273 e. The Hall–Kier alpha value is -1.87. The lowest BCUT2D eigenvalue weighted by Gasteiger charge is -2.41. The lowest BCUT2D eigenvalue weighted by molar-refractivity contribution is -0.138. The zero-order chi connectivity index (χ0) is 24.9. The third kappa shape index (κ3) is 6.47. The van der Waals surface area contributed by atoms with E-state index < -0.39 is 5.60 Å². The van der Waals surface area contributed by atoms with Gasteiger partial charge in [-0.1, -0.05) is 0 Å². The van der Waals surface area contributed by atoms with Gasteiger partial charge < -0.3 is 29.3 Å². The minimum Gasteiger partial charge on any atom is -0.473 e. The van der Waals surface area contributed by atoms with Crippen LogP contribution in [0.15, 0.2) is 12.1 Å². The number of benzene rings is 1. The topological polar surface area (TPSA) is 80.3 Å². The van der Waals surface area contributed by atoms with Crippen LogP contribution in [-0.2, 0) is 14.3 Å². The van der Waals surface area contributed by atoms with Gasteiger partial charge in [0.1, 0.15) is 5.75 Å². The van der Waals surface area contributed by atoms with Crippen LogP contribution in [0, 0.1) is 6.92 Å². The highest BCUT2D eigenvalue weighted by Crippen LogP contribution is 2.40. The Labute approximate surface area is 216 Å². The number of hydrogen-bond acceptors (Lipinski definition) is 6. The van der Waals surface area contributed by atoms with E-state index in [0.29, 0.717) is 30.2 Å². The number of piperidine rings is 1. The summed E-state index contributed by atoms with van der Waals surface area (Å²) >= 11 is 0. The first kappa shape index (κ1) is 29.4. The highest BCUT2D eigenvalue weighted by molar-refractivity contribution is 6.05. The van der Waals surface area contributed by atoms with Gasteiger partial charge in [-0.15, -0.1) is 12.4 Å². The zero-order valence-corrected chi connectivity index (χ0v) is 22.8. The van der Waals surface area contributed by atoms with Gasteiger partial charge in [-0.3, -0.25) is 9.59 Å². The molecule has 0 unspecified atom stereocenters. The molecule has 0 aliphatic carbocycles. The van der Waals surface area contributed by atoms with Crippen LogP contribution in [0.5, 0.6) is 5.75 Å². The number of amides is 2. The summed E-state index contributed by atoms with van der Waals surface area (Å²) in [7, 11) is 3.24. The SMILES string of the molecule is COCCCCN1C(=O)[C@@](C)(COC)Oc2cc(C)c(C(=O)N(C(C)C)[C@@H]3CCCNC3)cc21.Cl. The molecule has 1 N–H and O–H groups in total. The molecule has 0 aromatic heterocycles. The minimum absolute atomic E-state index is 0. The van der Waals surface area contributed by atoms with Gasteiger partial charge in [0.2, 0.25) is 5.60 Å². The summed E-state index contributed by atoms with van der Waals surface area (Å²) in [6.45, 7) is 10.9. The van der Waals surface area contributed by atoms with Crippen LogP contribution >= 0.6 is 12.4 Å². The predicted molar refractivity (Wildman–Crippen MR) is 140 cm³/mol. The fourth-order valence-corrected chi connectivity index (χ4v) is 5.01. The number of anilines is 1. The van der Waals surface area contributed by atoms with E-state index in [4.69, 9.17) is 14.2 Å². The molecule has 8 nitrogen and oxygen atoms in total. The van der Waals surface area contributed by atoms with Crippen LogP contribution in [0.1, 0.15) is 62.4 Å². The molecule has 3 rings (SSSR count). The summed E-state index contributed by atoms with van der Waals surface area (Å²) in [5.74, 6) is 0.454. The third-order valence-electron chi connectivity index (χ3n) is 6.71. The number of unbranched alkanes of at least 4 members (excludes halogenated alkanes) is 1. The average molecular weight is 512 g/mol. The van der Waals surface area contributed by atoms with E-state index >= 15 is 0 Å². The molecule has 35 heavy (non-hydrogen) atoms. The summed E-state index contributed by atoms with van der Waals surface area (Å²) in [5.41, 5.74) is 0.993. The van der Waals surface area contributed by atoms with Crippen LogP contribution in [0.25, 0.3) is 0 Å². The number of halogens is 1. The van der Waals surface area contributed by atoms with Gasteiger partial charge in [-0.25, -0.2) is 0 Å². The number of nitrogens with one attached hydrogen (secondary N) is 1. The Kier molecular flexibility index (Phi) is 10.8. The van der Waals surface area contributed by atoms with Crippen molar-refractivity contribution >= 4 is 29.9 Å². The molecule has 2 amide bonds. The second kappa shape index (κ2) is 12.9. The third-order valence-corrected chi connectivity index (χ3v) is 6.71. The molecular formula is C26H42ClN3O5. The molecule has 1 saturated heterocycles. The number of rotatable bonds is 10. The van der Waals surface area contributed by atoms with Crippen LogP contribution < -0.4 is 15.0 Å². The zero-order valence-electron chi connectivity index (χ0n) is 22.0. The van der Waals surface area contributed by atoms with Crippen molar-refractivity contribution in [3.05, 3.63) is 23.3 Å². The Morgan fingerprint density at radius 1 is 1.29 bits per heavy atom. The number of carbonyl (C=O) groups excluding carboxylic acids is 2. The van der Waals surface area contributed by atoms with Crippen LogP contribution in [-0.4, -0.2) is 81.5 Å². The van der Waals surface area contributed by atoms with Crippen molar-refractivity contribution in [3.63, 3.8) is 0 Å². The molecule has 2 atom stereocenters. The molecule has 0 radical (unpaired) electrons. The molecule has 198 valence electrons. The second-order valence-corrected chi connectivity index (χ2v) is 9.86. The van der Waals surface area contributed by atoms with Crippen molar-refractivity contribution in [1.82, 2.24) is 10.2 Å². The van der Waals surface area contributed by atoms with Gasteiger partial charge in [0.05, 0.1) is 12.3 Å². The normalized spacial score (nSPS) is 21.9. The first-order valence-corrected chi connectivity index (χ1v) is 12.4. The molecule has 0 saturated carbocycles. The Morgan fingerprint density at radius 3 is 2.63 bits per heavy atom. The standard InChI is InChI=1S/C26H41N3O5.ClH/c1-18(2)29(20-10-9-11-27-16-20)24(30)21-15-22-23(14-19(21)3)34-26(4,17-33-6)25(31)28(22)12-7-8-13-32-5;/h14-15,18,20,27H,7-13,16-17H2,1-6H3;1H/t20-,26-;/m1./s1. The van der Waals surface area contributed by atoms with E-state index in [9.17, 15) is 9.59 Å². The molecule has 1 aromatic rings. The Morgan fingerprint density at radius 2 is 2.03 bits per heavy atom. The van der Waals surface area contributed by atoms with Gasteiger partial charge in [0.15, 0.2) is 0 Å². The van der Waals surface area contributed by atoms with Crippen LogP contribution in [0.3, 0.4) is 0 Å². The highest BCUT2D eigenvalue weighted by Gasteiger charge is 2.45. The molecule has 2 aliphatic heterocycles. The fraction of sp³-hybridized carbons (Fsp3) is 0.692. The quantitative estimate of drug-likeness (QED) is 0.484. The van der Waals surface area contributed by atoms with E-state index in [1.807, 2.05) is 24.0 Å². The summed E-state index contributed by atoms with van der Waals surface area (Å²) < 4.78 is 16.7. The number of ether oxygens (including phenoxy) is 3. The van der Waals surface area contributed by atoms with Crippen molar-refractivity contribution in [3.8, 4) is 5.75 Å². The van der Waals surface area contributed by atoms with E-state index in [1.165, 1.54) is 0 Å². The van der Waals surface area contributed by atoms with E-state index in [0.717, 1.165) is 44.3 Å². The molecule has 1 aromatic carbocycles. The van der Waals surface area contributed by atoms with E-state index in [2.05, 4.69) is 19.2 Å². The summed E-state index contributed by atoms with van der Waals surface area (Å²) in [5, 5.41) is 3.42. The maximum absolute atomic E-state index is 13.8. The van der Waals surface area contributed by atoms with E-state index in [-0.39, 0.29) is 42.9 Å². The van der Waals surface area contributed by atoms with Gasteiger partial charge in [0.25, 0.3) is 11.8 Å². The molecule has 2 heterocycles. The minimum atomic E-state index is -1.11. The molecular weight excluding hydrogens is 470 g/mol. The van der Waals surface area contributed by atoms with Crippen molar-refractivity contribution in [2.24, 2.45) is 0 Å². The summed E-state index contributed by atoms with van der Waals surface area (Å²) in [4.78, 5) is 31.1. The highest BCUT2D eigenvalue weighted by atomic mass is 35.5. The lowest BCUT2D eigenvalue weighted by atomic mass is 9.97. The number of fused-ring (bicyclic) bond motifs is 1. The monoisotopic (exact) mass is 511 g/mol. The first-order chi connectivity index (χ1) is 16.2. The number of nitrogens with zero attached hydrogens (tertiary/aromatic N) is 2. The summed E-state index contributed by atoms with van der Waals surface area (Å²) in [6, 6.07) is 3.97. The van der Waals surface area contributed by atoms with E-state index in [1.54, 1.807) is 26.0 Å². The molecule has 0 spiro atoms. The second-order valence-electron chi connectivity index (χ2n) is 9.86. The van der Waals surface area contributed by atoms with Crippen LogP contribution in [0.4, 0.5) is 5.69 Å². The van der Waals surface area contributed by atoms with Gasteiger partial charge in [0, 0.05) is 51.6 Å². The smallest absolute Gasteiger partial charge is 0.273 e. The largest absolute Gasteiger partial charge is 0.473 e. The van der Waals surface area contributed by atoms with Crippen molar-refractivity contribution in [2.45, 2.75) is 71.1 Å². The van der Waals surface area contributed by atoms with Crippen molar-refractivity contribution in [1.29, 1.82) is 0 Å². The number of aryl methyl sites for hydroxylation is 1. The van der Waals surface area contributed by atoms with Crippen molar-refractivity contribution in [2.75, 3.05) is 52.0 Å². The predicted octanol–water partition coefficient (Wildman–Crippen LogP) is 3.58. The first-order valence-electron chi connectivity index (χ1n) is 12.4. The van der Waals surface area contributed by atoms with Crippen molar-refractivity contribution < 1.29 is 23.8 Å². The number of hydrogen-bond donors (Lipinski definition) is 1. The fourth-order valence-electron chi connectivity index (χ4n) is 5.01. The molecule has 2 aliphatic rings.